The van der Waals surface area contributed by atoms with Crippen molar-refractivity contribution in [3.63, 3.8) is 0 Å². The molecule has 3 aromatic rings. The highest BCUT2D eigenvalue weighted by Crippen LogP contribution is 2.29. The number of fused-ring (bicyclic) bond motifs is 1. The van der Waals surface area contributed by atoms with Gasteiger partial charge < -0.3 is 14.8 Å². The quantitative estimate of drug-likeness (QED) is 0.524. The third-order valence-electron chi connectivity index (χ3n) is 5.17. The Morgan fingerprint density at radius 2 is 1.91 bits per heavy atom. The lowest BCUT2D eigenvalue weighted by Gasteiger charge is -2.24. The molecule has 2 N–H and O–H groups in total. The maximum Gasteiger partial charge on any atom is 0.251 e. The molecule has 0 saturated carbocycles. The van der Waals surface area contributed by atoms with Gasteiger partial charge in [-0.05, 0) is 47.9 Å². The first-order valence-corrected chi connectivity index (χ1v) is 11.9. The standard InChI is InChI=1S/C23H19Cl2N3O4S/c1-32-21-7-3-14(11-26-21)12-27-23(30)15-4-6-19-16(10-15)22(29)20(33(31)28-19)9-13-2-5-17(24)18(25)8-13/h2-8,10-11,20,28H,9,12H2,1H3,(H,27,30). The van der Waals surface area contributed by atoms with Crippen LogP contribution in [0.5, 0.6) is 5.88 Å². The lowest BCUT2D eigenvalue weighted by molar-refractivity contribution is 0.0951. The second kappa shape index (κ2) is 9.91. The number of amides is 1. The summed E-state index contributed by atoms with van der Waals surface area (Å²) in [6, 6.07) is 13.2. The van der Waals surface area contributed by atoms with Crippen molar-refractivity contribution in [2.24, 2.45) is 0 Å². The van der Waals surface area contributed by atoms with Crippen molar-refractivity contribution in [2.75, 3.05) is 11.8 Å². The molecular formula is C23H19Cl2N3O4S. The molecule has 7 nitrogen and oxygen atoms in total. The van der Waals surface area contributed by atoms with E-state index in [1.54, 1.807) is 48.7 Å². The van der Waals surface area contributed by atoms with Gasteiger partial charge in [0.2, 0.25) is 5.88 Å². The van der Waals surface area contributed by atoms with Gasteiger partial charge in [0.25, 0.3) is 5.91 Å². The van der Waals surface area contributed by atoms with Crippen LogP contribution in [-0.4, -0.2) is 33.2 Å². The number of carbonyl (C=O) groups excluding carboxylic acids is 2. The number of carbonyl (C=O) groups is 2. The molecule has 1 amide bonds. The Bertz CT molecular complexity index is 1250. The molecule has 4 rings (SSSR count). The number of nitrogens with zero attached hydrogens (tertiary/aromatic N) is 1. The molecule has 0 saturated heterocycles. The largest absolute Gasteiger partial charge is 0.481 e. The lowest BCUT2D eigenvalue weighted by atomic mass is 9.98. The van der Waals surface area contributed by atoms with Gasteiger partial charge in [-0.2, -0.15) is 0 Å². The lowest BCUT2D eigenvalue weighted by Crippen LogP contribution is -2.37. The van der Waals surface area contributed by atoms with Crippen molar-refractivity contribution in [3.8, 4) is 5.88 Å². The van der Waals surface area contributed by atoms with Crippen molar-refractivity contribution in [3.05, 3.63) is 87.0 Å². The second-order valence-electron chi connectivity index (χ2n) is 7.36. The van der Waals surface area contributed by atoms with Gasteiger partial charge in [-0.25, -0.2) is 9.19 Å². The number of pyridine rings is 1. The molecule has 1 aliphatic rings. The SMILES string of the molecule is COc1ccc(CNC(=O)c2ccc3c(c2)C(=O)C(Cc2ccc(Cl)c(Cl)c2)S(=O)N3)cn1. The molecule has 0 fully saturated rings. The molecule has 2 atom stereocenters. The number of hydrogen-bond acceptors (Lipinski definition) is 5. The van der Waals surface area contributed by atoms with E-state index in [-0.39, 0.29) is 24.7 Å². The highest BCUT2D eigenvalue weighted by molar-refractivity contribution is 7.88. The smallest absolute Gasteiger partial charge is 0.251 e. The molecule has 170 valence electrons. The first-order valence-electron chi connectivity index (χ1n) is 9.92. The van der Waals surface area contributed by atoms with Gasteiger partial charge in [0.05, 0.1) is 22.8 Å². The summed E-state index contributed by atoms with van der Waals surface area (Å²) in [5.74, 6) is -0.158. The van der Waals surface area contributed by atoms with E-state index in [9.17, 15) is 13.8 Å². The molecule has 2 aromatic carbocycles. The van der Waals surface area contributed by atoms with E-state index in [0.29, 0.717) is 32.7 Å². The summed E-state index contributed by atoms with van der Waals surface area (Å²) in [6.45, 7) is 0.267. The average molecular weight is 504 g/mol. The number of methoxy groups -OCH3 is 1. The van der Waals surface area contributed by atoms with Crippen LogP contribution in [-0.2, 0) is 24.0 Å². The highest BCUT2D eigenvalue weighted by atomic mass is 35.5. The monoisotopic (exact) mass is 503 g/mol. The van der Waals surface area contributed by atoms with Crippen LogP contribution >= 0.6 is 23.2 Å². The van der Waals surface area contributed by atoms with Crippen molar-refractivity contribution in [1.29, 1.82) is 0 Å². The number of aromatic nitrogens is 1. The Labute approximate surface area is 203 Å². The number of hydrogen-bond donors (Lipinski definition) is 2. The van der Waals surface area contributed by atoms with Crippen LogP contribution in [0.1, 0.15) is 31.8 Å². The average Bonchev–Trinajstić information content (AvgIpc) is 2.82. The van der Waals surface area contributed by atoms with Gasteiger partial charge >= 0.3 is 0 Å². The summed E-state index contributed by atoms with van der Waals surface area (Å²) in [6.07, 6.45) is 1.83. The Hall–Kier alpha value is -2.94. The first kappa shape index (κ1) is 23.2. The summed E-state index contributed by atoms with van der Waals surface area (Å²) < 4.78 is 20.6. The van der Waals surface area contributed by atoms with E-state index in [1.165, 1.54) is 13.2 Å². The zero-order chi connectivity index (χ0) is 23.5. The Balaban J connectivity index is 1.49. The summed E-state index contributed by atoms with van der Waals surface area (Å²) >= 11 is 12.0. The summed E-state index contributed by atoms with van der Waals surface area (Å²) in [4.78, 5) is 29.9. The van der Waals surface area contributed by atoms with E-state index in [1.807, 2.05) is 0 Å². The fourth-order valence-corrected chi connectivity index (χ4v) is 4.92. The molecule has 2 heterocycles. The zero-order valence-corrected chi connectivity index (χ0v) is 19.8. The number of ether oxygens (including phenoxy) is 1. The first-order chi connectivity index (χ1) is 15.9. The van der Waals surface area contributed by atoms with Gasteiger partial charge in [0.15, 0.2) is 5.78 Å². The topological polar surface area (TPSA) is 97.4 Å². The minimum absolute atomic E-state index is 0.218. The summed E-state index contributed by atoms with van der Waals surface area (Å²) in [7, 11) is -0.0952. The number of ketones is 1. The maximum atomic E-state index is 13.2. The summed E-state index contributed by atoms with van der Waals surface area (Å²) in [5.41, 5.74) is 2.62. The van der Waals surface area contributed by atoms with E-state index < -0.39 is 16.2 Å². The van der Waals surface area contributed by atoms with Crippen LogP contribution in [0.2, 0.25) is 10.0 Å². The number of benzene rings is 2. The number of rotatable bonds is 6. The van der Waals surface area contributed by atoms with Crippen LogP contribution in [0, 0.1) is 0 Å². The van der Waals surface area contributed by atoms with E-state index in [4.69, 9.17) is 27.9 Å². The number of halogens is 2. The van der Waals surface area contributed by atoms with Crippen molar-refractivity contribution < 1.29 is 18.5 Å². The number of Topliss-reactive ketones (excluding diaryl/α,β-unsaturated/α-hetero) is 1. The van der Waals surface area contributed by atoms with Crippen LogP contribution in [0.4, 0.5) is 5.69 Å². The van der Waals surface area contributed by atoms with Gasteiger partial charge in [-0.1, -0.05) is 35.3 Å². The normalized spacial score (nSPS) is 17.1. The summed E-state index contributed by atoms with van der Waals surface area (Å²) in [5, 5.41) is 2.75. The molecule has 0 spiro atoms. The van der Waals surface area contributed by atoms with E-state index in [0.717, 1.165) is 11.1 Å². The molecule has 1 aromatic heterocycles. The minimum Gasteiger partial charge on any atom is -0.481 e. The van der Waals surface area contributed by atoms with E-state index in [2.05, 4.69) is 15.0 Å². The Morgan fingerprint density at radius 3 is 2.61 bits per heavy atom. The van der Waals surface area contributed by atoms with Gasteiger partial charge in [-0.3, -0.25) is 9.59 Å². The zero-order valence-electron chi connectivity index (χ0n) is 17.4. The number of anilines is 1. The third-order valence-corrected chi connectivity index (χ3v) is 7.23. The van der Waals surface area contributed by atoms with Crippen LogP contribution in [0.25, 0.3) is 0 Å². The molecule has 33 heavy (non-hydrogen) atoms. The fourth-order valence-electron chi connectivity index (χ4n) is 3.40. The number of nitrogens with one attached hydrogen (secondary N) is 2. The van der Waals surface area contributed by atoms with Gasteiger partial charge in [0.1, 0.15) is 16.2 Å². The Morgan fingerprint density at radius 1 is 1.12 bits per heavy atom. The van der Waals surface area contributed by atoms with Crippen LogP contribution < -0.4 is 14.8 Å². The second-order valence-corrected chi connectivity index (χ2v) is 9.54. The minimum atomic E-state index is -1.62. The van der Waals surface area contributed by atoms with Gasteiger partial charge in [-0.15, -0.1) is 0 Å². The van der Waals surface area contributed by atoms with Crippen molar-refractivity contribution in [2.45, 2.75) is 18.2 Å². The molecule has 0 aliphatic carbocycles. The Kier molecular flexibility index (Phi) is 6.97. The molecule has 2 unspecified atom stereocenters. The van der Waals surface area contributed by atoms with Crippen molar-refractivity contribution in [1.82, 2.24) is 10.3 Å². The molecule has 0 bridgehead atoms. The highest BCUT2D eigenvalue weighted by Gasteiger charge is 2.34. The fraction of sp³-hybridized carbons (Fsp3) is 0.174. The molecule has 0 radical (unpaired) electrons. The van der Waals surface area contributed by atoms with Gasteiger partial charge in [0, 0.05) is 29.9 Å². The van der Waals surface area contributed by atoms with E-state index >= 15 is 0 Å². The predicted octanol–water partition coefficient (Wildman–Crippen LogP) is 4.21. The molecule has 10 heteroatoms. The predicted molar refractivity (Wildman–Crippen MR) is 128 cm³/mol. The maximum absolute atomic E-state index is 13.2. The van der Waals surface area contributed by atoms with Crippen molar-refractivity contribution >= 4 is 51.6 Å². The molecule has 1 aliphatic heterocycles. The molecular weight excluding hydrogens is 485 g/mol. The third kappa shape index (κ3) is 5.19. The van der Waals surface area contributed by atoms with Crippen LogP contribution in [0.15, 0.2) is 54.7 Å². The van der Waals surface area contributed by atoms with Crippen LogP contribution in [0.3, 0.4) is 0 Å².